The minimum Gasteiger partial charge on any atom is -0.493 e. The fourth-order valence-corrected chi connectivity index (χ4v) is 4.80. The van der Waals surface area contributed by atoms with Gasteiger partial charge in [0.2, 0.25) is 10.9 Å². The molecular formula is C22H16BrN3O5S. The summed E-state index contributed by atoms with van der Waals surface area (Å²) in [5.41, 5.74) is 2.51. The minimum absolute atomic E-state index is 0.00197. The van der Waals surface area contributed by atoms with Gasteiger partial charge in [0, 0.05) is 4.47 Å². The Morgan fingerprint density at radius 1 is 1.19 bits per heavy atom. The number of rotatable bonds is 5. The maximum absolute atomic E-state index is 13.6. The second-order valence-electron chi connectivity index (χ2n) is 6.96. The molecule has 3 heterocycles. The van der Waals surface area contributed by atoms with Crippen molar-refractivity contribution in [3.05, 3.63) is 73.5 Å². The van der Waals surface area contributed by atoms with Crippen molar-refractivity contribution in [3.63, 3.8) is 0 Å². The fourth-order valence-electron chi connectivity index (χ4n) is 3.86. The molecule has 8 nitrogen and oxygen atoms in total. The molecule has 4 aromatic rings. The van der Waals surface area contributed by atoms with Gasteiger partial charge in [-0.15, -0.1) is 10.2 Å². The highest BCUT2D eigenvalue weighted by molar-refractivity contribution is 9.10. The van der Waals surface area contributed by atoms with Gasteiger partial charge in [0.05, 0.1) is 30.7 Å². The van der Waals surface area contributed by atoms with Crippen molar-refractivity contribution in [2.75, 3.05) is 18.6 Å². The average molecular weight is 514 g/mol. The molecule has 5 rings (SSSR count). The summed E-state index contributed by atoms with van der Waals surface area (Å²) in [4.78, 5) is 28.5. The first-order valence-corrected chi connectivity index (χ1v) is 11.4. The molecule has 0 saturated carbocycles. The van der Waals surface area contributed by atoms with Crippen molar-refractivity contribution < 1.29 is 18.7 Å². The Morgan fingerprint density at radius 2 is 2.03 bits per heavy atom. The topological polar surface area (TPSA) is 94.8 Å². The van der Waals surface area contributed by atoms with E-state index in [1.807, 2.05) is 6.92 Å². The first-order valence-electron chi connectivity index (χ1n) is 9.70. The van der Waals surface area contributed by atoms with Gasteiger partial charge in [-0.1, -0.05) is 33.3 Å². The molecule has 1 unspecified atom stereocenters. The molecule has 0 spiro atoms. The monoisotopic (exact) mass is 513 g/mol. The van der Waals surface area contributed by atoms with Crippen LogP contribution in [0.25, 0.3) is 11.0 Å². The van der Waals surface area contributed by atoms with E-state index < -0.39 is 11.9 Å². The largest absolute Gasteiger partial charge is 0.493 e. The Morgan fingerprint density at radius 3 is 2.75 bits per heavy atom. The second-order valence-corrected chi connectivity index (χ2v) is 8.68. The zero-order valence-corrected chi connectivity index (χ0v) is 19.4. The number of hydrogen-bond acceptors (Lipinski definition) is 8. The number of halogens is 1. The normalized spacial score (nSPS) is 15.3. The van der Waals surface area contributed by atoms with E-state index in [1.165, 1.54) is 28.9 Å². The molecule has 1 atom stereocenters. The van der Waals surface area contributed by atoms with Crippen molar-refractivity contribution in [2.24, 2.45) is 0 Å². The summed E-state index contributed by atoms with van der Waals surface area (Å²) in [6.45, 7) is 2.35. The number of hydrogen-bond donors (Lipinski definition) is 0. The molecule has 1 aliphatic rings. The van der Waals surface area contributed by atoms with Crippen LogP contribution < -0.4 is 19.8 Å². The number of methoxy groups -OCH3 is 1. The van der Waals surface area contributed by atoms with E-state index in [0.717, 1.165) is 4.47 Å². The van der Waals surface area contributed by atoms with Gasteiger partial charge in [-0.05, 0) is 42.8 Å². The summed E-state index contributed by atoms with van der Waals surface area (Å²) in [7, 11) is 1.54. The van der Waals surface area contributed by atoms with Crippen molar-refractivity contribution >= 4 is 49.3 Å². The number of amides is 1. The summed E-state index contributed by atoms with van der Waals surface area (Å²) in [5, 5.41) is 8.69. The van der Waals surface area contributed by atoms with Crippen LogP contribution >= 0.6 is 27.3 Å². The van der Waals surface area contributed by atoms with Gasteiger partial charge in [0.1, 0.15) is 11.1 Å². The van der Waals surface area contributed by atoms with Crippen LogP contribution in [-0.2, 0) is 0 Å². The fraction of sp³-hybridized carbons (Fsp3) is 0.182. The Hall–Kier alpha value is -3.24. The summed E-state index contributed by atoms with van der Waals surface area (Å²) < 4.78 is 17.8. The molecule has 0 bridgehead atoms. The van der Waals surface area contributed by atoms with Crippen molar-refractivity contribution in [1.29, 1.82) is 0 Å². The van der Waals surface area contributed by atoms with E-state index in [-0.39, 0.29) is 16.8 Å². The third kappa shape index (κ3) is 3.18. The zero-order valence-electron chi connectivity index (χ0n) is 17.0. The molecule has 0 fully saturated rings. The standard InChI is InChI=1S/C22H16BrN3O5S/c1-3-30-15-6-4-11(8-16(15)29-2)18-17-19(27)13-9-12(23)5-7-14(13)31-20(17)21(28)26(18)22-25-24-10-32-22/h4-10,18H,3H2,1-2H3. The summed E-state index contributed by atoms with van der Waals surface area (Å²) in [6.07, 6.45) is 0. The van der Waals surface area contributed by atoms with Crippen LogP contribution in [0.2, 0.25) is 0 Å². The quantitative estimate of drug-likeness (QED) is 0.385. The highest BCUT2D eigenvalue weighted by atomic mass is 79.9. The molecule has 0 aliphatic carbocycles. The molecule has 0 N–H and O–H groups in total. The molecule has 2 aromatic carbocycles. The first-order chi connectivity index (χ1) is 15.5. The summed E-state index contributed by atoms with van der Waals surface area (Å²) in [5.74, 6) is 0.616. The number of nitrogens with zero attached hydrogens (tertiary/aromatic N) is 3. The van der Waals surface area contributed by atoms with Crippen LogP contribution in [0.3, 0.4) is 0 Å². The molecular weight excluding hydrogens is 498 g/mol. The number of aromatic nitrogens is 2. The van der Waals surface area contributed by atoms with Gasteiger partial charge in [-0.2, -0.15) is 0 Å². The minimum atomic E-state index is -0.755. The first kappa shape index (κ1) is 20.7. The molecule has 162 valence electrons. The maximum atomic E-state index is 13.6. The number of fused-ring (bicyclic) bond motifs is 2. The Balaban J connectivity index is 1.78. The third-order valence-electron chi connectivity index (χ3n) is 5.19. The van der Waals surface area contributed by atoms with Gasteiger partial charge >= 0.3 is 0 Å². The van der Waals surface area contributed by atoms with Crippen LogP contribution in [0.5, 0.6) is 11.5 Å². The van der Waals surface area contributed by atoms with E-state index in [1.54, 1.807) is 36.4 Å². The number of benzene rings is 2. The van der Waals surface area contributed by atoms with Crippen molar-refractivity contribution in [3.8, 4) is 11.5 Å². The van der Waals surface area contributed by atoms with Gasteiger partial charge in [0.25, 0.3) is 5.91 Å². The smallest absolute Gasteiger partial charge is 0.297 e. The van der Waals surface area contributed by atoms with E-state index in [9.17, 15) is 9.59 Å². The number of ether oxygens (including phenoxy) is 2. The summed E-state index contributed by atoms with van der Waals surface area (Å²) >= 11 is 4.60. The predicted octanol–water partition coefficient (Wildman–Crippen LogP) is 4.56. The van der Waals surface area contributed by atoms with Crippen molar-refractivity contribution in [2.45, 2.75) is 13.0 Å². The molecule has 2 aromatic heterocycles. The Kier molecular flexibility index (Phi) is 5.18. The highest BCUT2D eigenvalue weighted by Gasteiger charge is 2.45. The third-order valence-corrected chi connectivity index (χ3v) is 6.37. The molecule has 1 amide bonds. The van der Waals surface area contributed by atoms with Gasteiger partial charge in [-0.3, -0.25) is 14.5 Å². The lowest BCUT2D eigenvalue weighted by molar-refractivity contribution is 0.0970. The second kappa shape index (κ2) is 8.03. The van der Waals surface area contributed by atoms with Crippen LogP contribution in [-0.4, -0.2) is 29.8 Å². The SMILES string of the molecule is CCOc1ccc(C2c3c(oc4ccc(Br)cc4c3=O)C(=O)N2c2nncs2)cc1OC. The van der Waals surface area contributed by atoms with Crippen LogP contribution in [0.15, 0.2) is 55.6 Å². The number of anilines is 1. The lowest BCUT2D eigenvalue weighted by atomic mass is 9.98. The average Bonchev–Trinajstić information content (AvgIpc) is 3.41. The molecule has 1 aliphatic heterocycles. The van der Waals surface area contributed by atoms with E-state index >= 15 is 0 Å². The van der Waals surface area contributed by atoms with Gasteiger partial charge in [0.15, 0.2) is 16.9 Å². The van der Waals surface area contributed by atoms with Gasteiger partial charge < -0.3 is 13.9 Å². The summed E-state index contributed by atoms with van der Waals surface area (Å²) in [6, 6.07) is 9.68. The highest BCUT2D eigenvalue weighted by Crippen LogP contribution is 2.43. The van der Waals surface area contributed by atoms with E-state index in [0.29, 0.717) is 39.8 Å². The van der Waals surface area contributed by atoms with E-state index in [2.05, 4.69) is 26.1 Å². The number of carbonyl (C=O) groups is 1. The molecule has 0 radical (unpaired) electrons. The number of carbonyl (C=O) groups excluding carboxylic acids is 1. The van der Waals surface area contributed by atoms with Crippen LogP contribution in [0.4, 0.5) is 5.13 Å². The molecule has 0 saturated heterocycles. The zero-order chi connectivity index (χ0) is 22.4. The Bertz CT molecular complexity index is 1400. The molecule has 32 heavy (non-hydrogen) atoms. The Labute approximate surface area is 194 Å². The van der Waals surface area contributed by atoms with Crippen molar-refractivity contribution in [1.82, 2.24) is 10.2 Å². The van der Waals surface area contributed by atoms with Crippen LogP contribution in [0.1, 0.15) is 34.6 Å². The lowest BCUT2D eigenvalue weighted by Gasteiger charge is -2.23. The maximum Gasteiger partial charge on any atom is 0.297 e. The predicted molar refractivity (Wildman–Crippen MR) is 123 cm³/mol. The van der Waals surface area contributed by atoms with Gasteiger partial charge in [-0.25, -0.2) is 0 Å². The molecule has 10 heteroatoms. The van der Waals surface area contributed by atoms with Crippen LogP contribution in [0, 0.1) is 0 Å². The lowest BCUT2D eigenvalue weighted by Crippen LogP contribution is -2.29. The van der Waals surface area contributed by atoms with E-state index in [4.69, 9.17) is 13.9 Å².